The number of likely N-dealkylation sites (tertiary alicyclic amines) is 1. The molecule has 2 N–H and O–H groups in total. The molecule has 1 heterocycles. The van der Waals surface area contributed by atoms with Gasteiger partial charge in [0, 0.05) is 31.2 Å². The molecule has 0 bridgehead atoms. The molecule has 1 aliphatic carbocycles. The Morgan fingerprint density at radius 3 is 2.54 bits per heavy atom. The summed E-state index contributed by atoms with van der Waals surface area (Å²) in [6.07, 6.45) is 7.27. The molecule has 5 nitrogen and oxygen atoms in total. The topological polar surface area (TPSA) is 61.4 Å². The van der Waals surface area contributed by atoms with Crippen LogP contribution in [-0.2, 0) is 4.79 Å². The minimum absolute atomic E-state index is 0.177. The maximum absolute atomic E-state index is 13.2. The molecule has 3 rings (SSSR count). The number of carbonyl (C=O) groups excluding carboxylic acids is 2. The normalized spacial score (nSPS) is 18.7. The number of urea groups is 1. The van der Waals surface area contributed by atoms with Crippen molar-refractivity contribution in [1.82, 2.24) is 10.2 Å². The summed E-state index contributed by atoms with van der Waals surface area (Å²) in [5, 5.41) is 5.82. The number of hydrogen-bond acceptors (Lipinski definition) is 2. The molecule has 2 aliphatic rings. The number of hydrogen-bond donors (Lipinski definition) is 2. The lowest BCUT2D eigenvalue weighted by atomic mass is 9.93. The summed E-state index contributed by atoms with van der Waals surface area (Å²) in [6, 6.07) is 5.76. The zero-order valence-electron chi connectivity index (χ0n) is 15.2. The van der Waals surface area contributed by atoms with Gasteiger partial charge in [-0.3, -0.25) is 4.79 Å². The molecule has 0 radical (unpaired) electrons. The molecule has 0 atom stereocenters. The van der Waals surface area contributed by atoms with E-state index in [4.69, 9.17) is 0 Å². The first kappa shape index (κ1) is 18.7. The van der Waals surface area contributed by atoms with Gasteiger partial charge in [0.05, 0.1) is 0 Å². The van der Waals surface area contributed by atoms with E-state index in [0.717, 1.165) is 38.6 Å². The highest BCUT2D eigenvalue weighted by Crippen LogP contribution is 2.25. The monoisotopic (exact) mass is 361 g/mol. The summed E-state index contributed by atoms with van der Waals surface area (Å²) >= 11 is 0. The molecule has 2 fully saturated rings. The molecule has 142 valence electrons. The molecular formula is C20H28FN3O2. The van der Waals surface area contributed by atoms with Gasteiger partial charge in [-0.1, -0.05) is 18.9 Å². The molecule has 1 aromatic rings. The third-order valence-corrected chi connectivity index (χ3v) is 5.56. The molecule has 0 aromatic heterocycles. The van der Waals surface area contributed by atoms with E-state index in [1.54, 1.807) is 17.0 Å². The van der Waals surface area contributed by atoms with Crippen molar-refractivity contribution in [2.24, 2.45) is 11.8 Å². The third kappa shape index (κ3) is 5.19. The van der Waals surface area contributed by atoms with Gasteiger partial charge in [0.1, 0.15) is 5.82 Å². The van der Waals surface area contributed by atoms with Crippen LogP contribution in [0.2, 0.25) is 0 Å². The second-order valence-corrected chi connectivity index (χ2v) is 7.43. The van der Waals surface area contributed by atoms with Crippen LogP contribution in [0, 0.1) is 17.7 Å². The van der Waals surface area contributed by atoms with E-state index < -0.39 is 0 Å². The molecule has 1 aliphatic heterocycles. The Morgan fingerprint density at radius 2 is 1.85 bits per heavy atom. The summed E-state index contributed by atoms with van der Waals surface area (Å²) in [6.45, 7) is 2.13. The van der Waals surface area contributed by atoms with Crippen LogP contribution in [0.3, 0.4) is 0 Å². The number of carbonyl (C=O) groups is 2. The van der Waals surface area contributed by atoms with Gasteiger partial charge >= 0.3 is 6.03 Å². The number of nitrogens with one attached hydrogen (secondary N) is 2. The van der Waals surface area contributed by atoms with Gasteiger partial charge in [-0.25, -0.2) is 9.18 Å². The number of amides is 3. The SMILES string of the molecule is O=C(NCCC1CCN(C(=O)Nc2cccc(F)c2)CC1)C1CCCC1. The number of benzene rings is 1. The summed E-state index contributed by atoms with van der Waals surface area (Å²) in [5.41, 5.74) is 0.478. The number of nitrogens with zero attached hydrogens (tertiary/aromatic N) is 1. The first-order chi connectivity index (χ1) is 12.6. The molecule has 1 saturated heterocycles. The lowest BCUT2D eigenvalue weighted by molar-refractivity contribution is -0.124. The van der Waals surface area contributed by atoms with Crippen molar-refractivity contribution in [1.29, 1.82) is 0 Å². The smallest absolute Gasteiger partial charge is 0.321 e. The van der Waals surface area contributed by atoms with E-state index in [1.807, 2.05) is 0 Å². The molecule has 1 saturated carbocycles. The van der Waals surface area contributed by atoms with Crippen LogP contribution in [0.1, 0.15) is 44.9 Å². The van der Waals surface area contributed by atoms with Crippen LogP contribution < -0.4 is 10.6 Å². The highest BCUT2D eigenvalue weighted by atomic mass is 19.1. The fourth-order valence-corrected chi connectivity index (χ4v) is 3.93. The number of halogens is 1. The highest BCUT2D eigenvalue weighted by Gasteiger charge is 2.24. The van der Waals surface area contributed by atoms with E-state index in [-0.39, 0.29) is 23.7 Å². The number of rotatable bonds is 5. The van der Waals surface area contributed by atoms with Crippen LogP contribution in [0.15, 0.2) is 24.3 Å². The van der Waals surface area contributed by atoms with Gasteiger partial charge in [-0.2, -0.15) is 0 Å². The first-order valence-corrected chi connectivity index (χ1v) is 9.71. The van der Waals surface area contributed by atoms with Crippen LogP contribution in [0.25, 0.3) is 0 Å². The van der Waals surface area contributed by atoms with Crippen LogP contribution in [0.5, 0.6) is 0 Å². The molecular weight excluding hydrogens is 333 g/mol. The quantitative estimate of drug-likeness (QED) is 0.839. The summed E-state index contributed by atoms with van der Waals surface area (Å²) < 4.78 is 13.2. The highest BCUT2D eigenvalue weighted by molar-refractivity contribution is 5.89. The minimum Gasteiger partial charge on any atom is -0.356 e. The Labute approximate surface area is 154 Å². The lowest BCUT2D eigenvalue weighted by Crippen LogP contribution is -2.41. The molecule has 26 heavy (non-hydrogen) atoms. The molecule has 0 spiro atoms. The van der Waals surface area contributed by atoms with Crippen molar-refractivity contribution in [3.05, 3.63) is 30.1 Å². The number of piperidine rings is 1. The van der Waals surface area contributed by atoms with Gasteiger partial charge in [0.25, 0.3) is 0 Å². The van der Waals surface area contributed by atoms with Crippen LogP contribution >= 0.6 is 0 Å². The van der Waals surface area contributed by atoms with Crippen molar-refractivity contribution < 1.29 is 14.0 Å². The fourth-order valence-electron chi connectivity index (χ4n) is 3.93. The standard InChI is InChI=1S/C20H28FN3O2/c21-17-6-3-7-18(14-17)23-20(26)24-12-9-15(10-13-24)8-11-22-19(25)16-4-1-2-5-16/h3,6-7,14-16H,1-2,4-5,8-13H2,(H,22,25)(H,23,26). The van der Waals surface area contributed by atoms with E-state index in [0.29, 0.717) is 24.7 Å². The second kappa shape index (κ2) is 9.01. The first-order valence-electron chi connectivity index (χ1n) is 9.71. The van der Waals surface area contributed by atoms with Gasteiger partial charge < -0.3 is 15.5 Å². The summed E-state index contributed by atoms with van der Waals surface area (Å²) in [5.74, 6) is 0.621. The Morgan fingerprint density at radius 1 is 1.12 bits per heavy atom. The molecule has 3 amide bonds. The average Bonchev–Trinajstić information content (AvgIpc) is 3.17. The second-order valence-electron chi connectivity index (χ2n) is 7.43. The third-order valence-electron chi connectivity index (χ3n) is 5.56. The zero-order valence-corrected chi connectivity index (χ0v) is 15.2. The summed E-state index contributed by atoms with van der Waals surface area (Å²) in [7, 11) is 0. The van der Waals surface area contributed by atoms with Gasteiger partial charge in [0.2, 0.25) is 5.91 Å². The van der Waals surface area contributed by atoms with Crippen molar-refractivity contribution >= 4 is 17.6 Å². The Hall–Kier alpha value is -2.11. The Kier molecular flexibility index (Phi) is 6.47. The van der Waals surface area contributed by atoms with Gasteiger partial charge in [0.15, 0.2) is 0 Å². The minimum atomic E-state index is -0.360. The summed E-state index contributed by atoms with van der Waals surface area (Å²) in [4.78, 5) is 26.1. The van der Waals surface area contributed by atoms with Crippen LogP contribution in [0.4, 0.5) is 14.9 Å². The molecule has 0 unspecified atom stereocenters. The predicted molar refractivity (Wildman–Crippen MR) is 99.3 cm³/mol. The lowest BCUT2D eigenvalue weighted by Gasteiger charge is -2.32. The predicted octanol–water partition coefficient (Wildman–Crippen LogP) is 3.77. The zero-order chi connectivity index (χ0) is 18.4. The Balaban J connectivity index is 1.34. The van der Waals surface area contributed by atoms with Crippen molar-refractivity contribution in [3.63, 3.8) is 0 Å². The van der Waals surface area contributed by atoms with E-state index in [1.165, 1.54) is 25.0 Å². The maximum Gasteiger partial charge on any atom is 0.321 e. The van der Waals surface area contributed by atoms with Crippen LogP contribution in [-0.4, -0.2) is 36.5 Å². The van der Waals surface area contributed by atoms with Crippen molar-refractivity contribution in [3.8, 4) is 0 Å². The molecule has 1 aromatic carbocycles. The van der Waals surface area contributed by atoms with Crippen molar-refractivity contribution in [2.45, 2.75) is 44.9 Å². The van der Waals surface area contributed by atoms with E-state index in [9.17, 15) is 14.0 Å². The van der Waals surface area contributed by atoms with Crippen molar-refractivity contribution in [2.75, 3.05) is 25.0 Å². The van der Waals surface area contributed by atoms with Gasteiger partial charge in [-0.05, 0) is 56.2 Å². The average molecular weight is 361 g/mol. The van der Waals surface area contributed by atoms with E-state index >= 15 is 0 Å². The maximum atomic E-state index is 13.2. The number of anilines is 1. The Bertz CT molecular complexity index is 623. The fraction of sp³-hybridized carbons (Fsp3) is 0.600. The van der Waals surface area contributed by atoms with Gasteiger partial charge in [-0.15, -0.1) is 0 Å². The molecule has 6 heteroatoms. The largest absolute Gasteiger partial charge is 0.356 e. The van der Waals surface area contributed by atoms with E-state index in [2.05, 4.69) is 10.6 Å².